The van der Waals surface area contributed by atoms with Gasteiger partial charge in [0.2, 0.25) is 0 Å². The molecule has 0 bridgehead atoms. The highest BCUT2D eigenvalue weighted by Crippen LogP contribution is 2.28. The molecular weight excluding hydrogens is 306 g/mol. The molecule has 0 radical (unpaired) electrons. The van der Waals surface area contributed by atoms with Crippen molar-refractivity contribution >= 4 is 40.2 Å². The molecule has 0 unspecified atom stereocenters. The highest BCUT2D eigenvalue weighted by molar-refractivity contribution is 6.17. The molecule has 0 saturated heterocycles. The van der Waals surface area contributed by atoms with E-state index in [0.717, 1.165) is 10.9 Å². The number of rotatable bonds is 6. The number of H-pyrrole nitrogens is 1. The number of amides is 2. The van der Waals surface area contributed by atoms with E-state index < -0.39 is 5.97 Å². The zero-order valence-corrected chi connectivity index (χ0v) is 13.0. The van der Waals surface area contributed by atoms with E-state index in [9.17, 15) is 9.59 Å². The lowest BCUT2D eigenvalue weighted by Crippen LogP contribution is -2.30. The van der Waals surface area contributed by atoms with Crippen LogP contribution in [0, 0.1) is 0 Å². The van der Waals surface area contributed by atoms with Crippen molar-refractivity contribution in [1.82, 2.24) is 10.3 Å². The van der Waals surface area contributed by atoms with Crippen molar-refractivity contribution in [3.8, 4) is 0 Å². The highest BCUT2D eigenvalue weighted by atomic mass is 35.5. The summed E-state index contributed by atoms with van der Waals surface area (Å²) >= 11 is 5.57. The van der Waals surface area contributed by atoms with Crippen molar-refractivity contribution in [2.24, 2.45) is 0 Å². The van der Waals surface area contributed by atoms with E-state index >= 15 is 0 Å². The van der Waals surface area contributed by atoms with Crippen LogP contribution < -0.4 is 10.6 Å². The quantitative estimate of drug-likeness (QED) is 0.434. The van der Waals surface area contributed by atoms with Gasteiger partial charge in [0.1, 0.15) is 5.69 Å². The predicted molar refractivity (Wildman–Crippen MR) is 86.6 cm³/mol. The number of aromatic amines is 1. The first-order chi connectivity index (χ1) is 10.7. The van der Waals surface area contributed by atoms with Crippen molar-refractivity contribution in [3.05, 3.63) is 30.0 Å². The van der Waals surface area contributed by atoms with E-state index in [1.807, 2.05) is 24.3 Å². The number of nitrogens with one attached hydrogen (secondary N) is 3. The predicted octanol–water partition coefficient (Wildman–Crippen LogP) is 3.10. The Labute approximate surface area is 133 Å². The van der Waals surface area contributed by atoms with Crippen molar-refractivity contribution in [3.63, 3.8) is 0 Å². The SMILES string of the molecule is CCOC(=O)c1[nH]c2ccccc2c1NC(=O)NCCCCl. The van der Waals surface area contributed by atoms with Gasteiger partial charge in [0, 0.05) is 23.3 Å². The van der Waals surface area contributed by atoms with Gasteiger partial charge in [-0.05, 0) is 19.4 Å². The zero-order valence-electron chi connectivity index (χ0n) is 12.2. The fraction of sp³-hybridized carbons (Fsp3) is 0.333. The Bertz CT molecular complexity index is 669. The number of alkyl halides is 1. The van der Waals surface area contributed by atoms with Crippen LogP contribution in [-0.2, 0) is 4.74 Å². The summed E-state index contributed by atoms with van der Waals surface area (Å²) in [5.41, 5.74) is 1.40. The van der Waals surface area contributed by atoms with Crippen LogP contribution in [0.5, 0.6) is 0 Å². The Morgan fingerprint density at radius 3 is 2.82 bits per heavy atom. The van der Waals surface area contributed by atoms with Crippen LogP contribution in [0.15, 0.2) is 24.3 Å². The summed E-state index contributed by atoms with van der Waals surface area (Å²) in [5, 5.41) is 6.14. The summed E-state index contributed by atoms with van der Waals surface area (Å²) in [6, 6.07) is 6.94. The van der Waals surface area contributed by atoms with Crippen LogP contribution in [0.3, 0.4) is 0 Å². The summed E-state index contributed by atoms with van der Waals surface area (Å²) in [6.07, 6.45) is 0.674. The van der Waals surface area contributed by atoms with Crippen LogP contribution in [0.1, 0.15) is 23.8 Å². The minimum atomic E-state index is -0.505. The van der Waals surface area contributed by atoms with Gasteiger partial charge < -0.3 is 20.4 Å². The average Bonchev–Trinajstić information content (AvgIpc) is 2.87. The molecule has 118 valence electrons. The highest BCUT2D eigenvalue weighted by Gasteiger charge is 2.20. The molecule has 2 amide bonds. The lowest BCUT2D eigenvalue weighted by atomic mass is 10.2. The second kappa shape index (κ2) is 7.70. The fourth-order valence-electron chi connectivity index (χ4n) is 2.05. The van der Waals surface area contributed by atoms with Gasteiger partial charge in [0.05, 0.1) is 12.3 Å². The van der Waals surface area contributed by atoms with Gasteiger partial charge in [-0.15, -0.1) is 11.6 Å². The molecule has 22 heavy (non-hydrogen) atoms. The van der Waals surface area contributed by atoms with Crippen LogP contribution in [0.2, 0.25) is 0 Å². The van der Waals surface area contributed by atoms with Gasteiger partial charge >= 0.3 is 12.0 Å². The number of hydrogen-bond donors (Lipinski definition) is 3. The number of para-hydroxylation sites is 1. The van der Waals surface area contributed by atoms with Crippen molar-refractivity contribution in [1.29, 1.82) is 0 Å². The number of carbonyl (C=O) groups excluding carboxylic acids is 2. The maximum atomic E-state index is 12.0. The molecule has 3 N–H and O–H groups in total. The number of benzene rings is 1. The molecule has 0 aliphatic heterocycles. The third-order valence-electron chi connectivity index (χ3n) is 3.02. The first-order valence-electron chi connectivity index (χ1n) is 7.06. The fourth-order valence-corrected chi connectivity index (χ4v) is 2.19. The van der Waals surface area contributed by atoms with Crippen LogP contribution in [0.25, 0.3) is 10.9 Å². The van der Waals surface area contributed by atoms with Crippen LogP contribution in [0.4, 0.5) is 10.5 Å². The normalized spacial score (nSPS) is 10.5. The van der Waals surface area contributed by atoms with Crippen molar-refractivity contribution in [2.45, 2.75) is 13.3 Å². The molecule has 0 atom stereocenters. The van der Waals surface area contributed by atoms with Gasteiger partial charge in [-0.3, -0.25) is 0 Å². The summed E-state index contributed by atoms with van der Waals surface area (Å²) in [7, 11) is 0. The lowest BCUT2D eigenvalue weighted by molar-refractivity contribution is 0.0522. The number of anilines is 1. The van der Waals surface area contributed by atoms with Crippen molar-refractivity contribution < 1.29 is 14.3 Å². The molecule has 7 heteroatoms. The van der Waals surface area contributed by atoms with Gasteiger partial charge in [0.15, 0.2) is 0 Å². The average molecular weight is 324 g/mol. The molecule has 0 saturated carbocycles. The number of aromatic nitrogens is 1. The van der Waals surface area contributed by atoms with E-state index in [1.54, 1.807) is 6.92 Å². The van der Waals surface area contributed by atoms with E-state index in [-0.39, 0.29) is 18.3 Å². The number of halogens is 1. The minimum absolute atomic E-state index is 0.232. The second-order valence-corrected chi connectivity index (χ2v) is 4.94. The third-order valence-corrected chi connectivity index (χ3v) is 3.29. The van der Waals surface area contributed by atoms with Gasteiger partial charge in [-0.25, -0.2) is 9.59 Å². The van der Waals surface area contributed by atoms with E-state index in [2.05, 4.69) is 15.6 Å². The monoisotopic (exact) mass is 323 g/mol. The molecular formula is C15H18ClN3O3. The van der Waals surface area contributed by atoms with E-state index in [1.165, 1.54) is 0 Å². The first kappa shape index (κ1) is 16.2. The number of fused-ring (bicyclic) bond motifs is 1. The molecule has 2 rings (SSSR count). The lowest BCUT2D eigenvalue weighted by Gasteiger charge is -2.08. The summed E-state index contributed by atoms with van der Waals surface area (Å²) in [5.74, 6) is -0.0312. The Hall–Kier alpha value is -2.21. The van der Waals surface area contributed by atoms with Gasteiger partial charge in [0.25, 0.3) is 0 Å². The Balaban J connectivity index is 2.27. The maximum absolute atomic E-state index is 12.0. The Kier molecular flexibility index (Phi) is 5.66. The van der Waals surface area contributed by atoms with Gasteiger partial charge in [-0.1, -0.05) is 18.2 Å². The molecule has 2 aromatic rings. The Morgan fingerprint density at radius 2 is 2.09 bits per heavy atom. The Morgan fingerprint density at radius 1 is 1.32 bits per heavy atom. The molecule has 1 aromatic carbocycles. The summed E-state index contributed by atoms with van der Waals surface area (Å²) < 4.78 is 5.02. The molecule has 1 aromatic heterocycles. The van der Waals surface area contributed by atoms with Crippen molar-refractivity contribution in [2.75, 3.05) is 24.3 Å². The number of ether oxygens (including phenoxy) is 1. The van der Waals surface area contributed by atoms with Crippen LogP contribution >= 0.6 is 11.6 Å². The largest absolute Gasteiger partial charge is 0.461 e. The van der Waals surface area contributed by atoms with E-state index in [0.29, 0.717) is 24.5 Å². The number of hydrogen-bond acceptors (Lipinski definition) is 3. The minimum Gasteiger partial charge on any atom is -0.461 e. The smallest absolute Gasteiger partial charge is 0.356 e. The number of esters is 1. The van der Waals surface area contributed by atoms with Gasteiger partial charge in [-0.2, -0.15) is 0 Å². The van der Waals surface area contributed by atoms with E-state index in [4.69, 9.17) is 16.3 Å². The second-order valence-electron chi connectivity index (χ2n) is 4.56. The topological polar surface area (TPSA) is 83.2 Å². The van der Waals surface area contributed by atoms with Crippen LogP contribution in [-0.4, -0.2) is 36.0 Å². The molecule has 0 aliphatic rings. The molecule has 0 fully saturated rings. The summed E-state index contributed by atoms with van der Waals surface area (Å²) in [4.78, 5) is 26.9. The summed E-state index contributed by atoms with van der Waals surface area (Å²) in [6.45, 7) is 2.45. The molecule has 0 aliphatic carbocycles. The maximum Gasteiger partial charge on any atom is 0.356 e. The third kappa shape index (κ3) is 3.71. The standard InChI is InChI=1S/C15H18ClN3O3/c1-2-22-14(20)13-12(19-15(21)17-9-5-8-16)10-6-3-4-7-11(10)18-13/h3-4,6-7,18H,2,5,8-9H2,1H3,(H2,17,19,21). The molecule has 1 heterocycles. The number of urea groups is 1. The number of carbonyl (C=O) groups is 2. The molecule has 6 nitrogen and oxygen atoms in total. The zero-order chi connectivity index (χ0) is 15.9. The molecule has 0 spiro atoms. The first-order valence-corrected chi connectivity index (χ1v) is 7.59.